The summed E-state index contributed by atoms with van der Waals surface area (Å²) >= 11 is 0. The van der Waals surface area contributed by atoms with E-state index in [0.29, 0.717) is 32.1 Å². The van der Waals surface area contributed by atoms with Crippen LogP contribution in [0.2, 0.25) is 0 Å². The highest BCUT2D eigenvalue weighted by atomic mass is 16.5. The number of methoxy groups -OCH3 is 1. The van der Waals surface area contributed by atoms with Crippen LogP contribution in [0.25, 0.3) is 0 Å². The lowest BCUT2D eigenvalue weighted by Crippen LogP contribution is -2.04. The van der Waals surface area contributed by atoms with Gasteiger partial charge in [-0.15, -0.1) is 0 Å². The maximum atomic E-state index is 11.7. The molecule has 0 amide bonds. The van der Waals surface area contributed by atoms with Gasteiger partial charge >= 0.3 is 5.97 Å². The Labute approximate surface area is 141 Å². The van der Waals surface area contributed by atoms with E-state index >= 15 is 0 Å². The Morgan fingerprint density at radius 1 is 0.609 bits per heavy atom. The minimum absolute atomic E-state index is 0.139. The minimum atomic E-state index is -0.139. The number of esters is 1. The first-order valence-electron chi connectivity index (χ1n) is 9.20. The van der Waals surface area contributed by atoms with Crippen LogP contribution in [-0.2, 0) is 19.1 Å². The van der Waals surface area contributed by atoms with Crippen molar-refractivity contribution in [3.8, 4) is 0 Å². The molecular weight excluding hydrogens is 292 g/mol. The summed E-state index contributed by atoms with van der Waals surface area (Å²) in [7, 11) is 1.41. The molecule has 0 rings (SSSR count). The number of Topliss-reactive ketones (excluding diaryl/α,β-unsaturated/α-hetero) is 2. The van der Waals surface area contributed by atoms with Gasteiger partial charge in [0.1, 0.15) is 11.6 Å². The highest BCUT2D eigenvalue weighted by Gasteiger charge is 2.07. The highest BCUT2D eigenvalue weighted by Crippen LogP contribution is 2.11. The topological polar surface area (TPSA) is 60.4 Å². The van der Waals surface area contributed by atoms with Crippen LogP contribution in [0.1, 0.15) is 96.8 Å². The molecule has 0 atom stereocenters. The van der Waals surface area contributed by atoms with Gasteiger partial charge in [0.15, 0.2) is 0 Å². The van der Waals surface area contributed by atoms with Crippen molar-refractivity contribution in [2.45, 2.75) is 96.8 Å². The second-order valence-corrected chi connectivity index (χ2v) is 6.23. The molecule has 0 aliphatic heterocycles. The lowest BCUT2D eigenvalue weighted by Gasteiger charge is -2.03. The van der Waals surface area contributed by atoms with Gasteiger partial charge in [-0.1, -0.05) is 45.4 Å². The molecule has 4 nitrogen and oxygen atoms in total. The van der Waals surface area contributed by atoms with E-state index in [4.69, 9.17) is 0 Å². The van der Waals surface area contributed by atoms with Crippen LogP contribution in [0.3, 0.4) is 0 Å². The van der Waals surface area contributed by atoms with Crippen molar-refractivity contribution in [3.63, 3.8) is 0 Å². The Hall–Kier alpha value is -1.19. The Balaban J connectivity index is 3.36. The molecule has 0 spiro atoms. The third kappa shape index (κ3) is 15.5. The average molecular weight is 326 g/mol. The smallest absolute Gasteiger partial charge is 0.305 e. The molecule has 0 aromatic heterocycles. The van der Waals surface area contributed by atoms with Crippen molar-refractivity contribution < 1.29 is 19.1 Å². The van der Waals surface area contributed by atoms with Gasteiger partial charge in [0, 0.05) is 32.1 Å². The summed E-state index contributed by atoms with van der Waals surface area (Å²) in [5, 5.41) is 0. The number of ketones is 2. The summed E-state index contributed by atoms with van der Waals surface area (Å²) in [5.41, 5.74) is 0. The van der Waals surface area contributed by atoms with E-state index in [-0.39, 0.29) is 17.5 Å². The van der Waals surface area contributed by atoms with Crippen LogP contribution in [0.5, 0.6) is 0 Å². The molecule has 23 heavy (non-hydrogen) atoms. The zero-order valence-electron chi connectivity index (χ0n) is 15.0. The first-order chi connectivity index (χ1) is 11.1. The van der Waals surface area contributed by atoms with Crippen LogP contribution in [0, 0.1) is 0 Å². The summed E-state index contributed by atoms with van der Waals surface area (Å²) in [5.74, 6) is 0.316. The van der Waals surface area contributed by atoms with Gasteiger partial charge in [-0.3, -0.25) is 14.4 Å². The van der Waals surface area contributed by atoms with Crippen molar-refractivity contribution in [1.29, 1.82) is 0 Å². The second-order valence-electron chi connectivity index (χ2n) is 6.23. The summed E-state index contributed by atoms with van der Waals surface area (Å²) in [6, 6.07) is 0. The average Bonchev–Trinajstić information content (AvgIpc) is 2.55. The van der Waals surface area contributed by atoms with E-state index in [2.05, 4.69) is 11.7 Å². The Bertz CT molecular complexity index is 336. The maximum absolute atomic E-state index is 11.7. The molecule has 0 heterocycles. The van der Waals surface area contributed by atoms with Gasteiger partial charge in [-0.05, 0) is 19.3 Å². The van der Waals surface area contributed by atoms with Gasteiger partial charge < -0.3 is 4.74 Å². The molecule has 0 bridgehead atoms. The van der Waals surface area contributed by atoms with E-state index in [1.165, 1.54) is 7.11 Å². The number of rotatable bonds is 16. The Kier molecular flexibility index (Phi) is 14.9. The van der Waals surface area contributed by atoms with E-state index < -0.39 is 0 Å². The molecule has 0 radical (unpaired) electrons. The van der Waals surface area contributed by atoms with Gasteiger partial charge in [0.25, 0.3) is 0 Å². The lowest BCUT2D eigenvalue weighted by atomic mass is 10.0. The highest BCUT2D eigenvalue weighted by molar-refractivity contribution is 5.85. The molecule has 0 N–H and O–H groups in total. The summed E-state index contributed by atoms with van der Waals surface area (Å²) in [6.45, 7) is 2.12. The van der Waals surface area contributed by atoms with Crippen LogP contribution >= 0.6 is 0 Å². The maximum Gasteiger partial charge on any atom is 0.305 e. The predicted octanol–water partition coefficient (Wildman–Crippen LogP) is 4.78. The summed E-state index contributed by atoms with van der Waals surface area (Å²) in [4.78, 5) is 34.2. The monoisotopic (exact) mass is 326 g/mol. The van der Waals surface area contributed by atoms with E-state index in [9.17, 15) is 14.4 Å². The number of hydrogen-bond acceptors (Lipinski definition) is 4. The molecule has 0 saturated carbocycles. The Morgan fingerprint density at radius 3 is 1.52 bits per heavy atom. The molecule has 0 unspecified atom stereocenters. The quantitative estimate of drug-likeness (QED) is 0.302. The van der Waals surface area contributed by atoms with Crippen molar-refractivity contribution in [2.24, 2.45) is 0 Å². The minimum Gasteiger partial charge on any atom is -0.469 e. The fourth-order valence-electron chi connectivity index (χ4n) is 2.50. The third-order valence-electron chi connectivity index (χ3n) is 4.06. The summed E-state index contributed by atoms with van der Waals surface area (Å²) in [6.07, 6.45) is 11.8. The molecule has 4 heteroatoms. The van der Waals surface area contributed by atoms with E-state index in [1.807, 2.05) is 0 Å². The van der Waals surface area contributed by atoms with Crippen molar-refractivity contribution in [1.82, 2.24) is 0 Å². The SMILES string of the molecule is CCCCCC(=O)CCC(=O)CCCCCCCCC(=O)OC. The lowest BCUT2D eigenvalue weighted by molar-refractivity contribution is -0.140. The number of ether oxygens (including phenoxy) is 1. The molecule has 134 valence electrons. The van der Waals surface area contributed by atoms with Crippen molar-refractivity contribution >= 4 is 17.5 Å². The number of unbranched alkanes of at least 4 members (excludes halogenated alkanes) is 7. The van der Waals surface area contributed by atoms with Crippen LogP contribution in [0.15, 0.2) is 0 Å². The number of hydrogen-bond donors (Lipinski definition) is 0. The van der Waals surface area contributed by atoms with Crippen LogP contribution in [-0.4, -0.2) is 24.6 Å². The van der Waals surface area contributed by atoms with E-state index in [0.717, 1.165) is 57.8 Å². The third-order valence-corrected chi connectivity index (χ3v) is 4.06. The predicted molar refractivity (Wildman–Crippen MR) is 92.3 cm³/mol. The number of carbonyl (C=O) groups is 3. The fourth-order valence-corrected chi connectivity index (χ4v) is 2.50. The summed E-state index contributed by atoms with van der Waals surface area (Å²) < 4.78 is 4.59. The van der Waals surface area contributed by atoms with Gasteiger partial charge in [-0.2, -0.15) is 0 Å². The number of carbonyl (C=O) groups excluding carboxylic acids is 3. The fraction of sp³-hybridized carbons (Fsp3) is 0.842. The molecule has 0 aromatic carbocycles. The van der Waals surface area contributed by atoms with Crippen molar-refractivity contribution in [2.75, 3.05) is 7.11 Å². The first kappa shape index (κ1) is 21.8. The second kappa shape index (κ2) is 15.7. The Morgan fingerprint density at radius 2 is 1.04 bits per heavy atom. The first-order valence-corrected chi connectivity index (χ1v) is 9.20. The molecule has 0 fully saturated rings. The molecule has 0 aromatic rings. The molecular formula is C19H34O4. The largest absolute Gasteiger partial charge is 0.469 e. The standard InChI is InChI=1S/C19H34O4/c1-3-4-9-12-17(20)15-16-18(21)13-10-7-5-6-8-11-14-19(22)23-2/h3-16H2,1-2H3. The van der Waals surface area contributed by atoms with Crippen molar-refractivity contribution in [3.05, 3.63) is 0 Å². The van der Waals surface area contributed by atoms with Gasteiger partial charge in [0.2, 0.25) is 0 Å². The van der Waals surface area contributed by atoms with Gasteiger partial charge in [0.05, 0.1) is 7.11 Å². The van der Waals surface area contributed by atoms with Crippen LogP contribution < -0.4 is 0 Å². The molecule has 0 aliphatic carbocycles. The normalized spacial score (nSPS) is 10.5. The van der Waals surface area contributed by atoms with Gasteiger partial charge in [-0.25, -0.2) is 0 Å². The molecule has 0 aliphatic rings. The van der Waals surface area contributed by atoms with Crippen LogP contribution in [0.4, 0.5) is 0 Å². The zero-order valence-corrected chi connectivity index (χ0v) is 15.0. The molecule has 0 saturated heterocycles. The van der Waals surface area contributed by atoms with E-state index in [1.54, 1.807) is 0 Å². The zero-order chi connectivity index (χ0) is 17.3.